The number of carbonyl (C=O) groups is 1. The Balaban J connectivity index is 1.67. The average Bonchev–Trinajstić information content (AvgIpc) is 3.72. The van der Waals surface area contributed by atoms with E-state index in [1.807, 2.05) is 32.0 Å². The number of hydrogen-bond donors (Lipinski definition) is 2. The number of hydrogen-bond acceptors (Lipinski definition) is 8. The quantitative estimate of drug-likeness (QED) is 0.0403. The van der Waals surface area contributed by atoms with Crippen LogP contribution in [0.3, 0.4) is 0 Å². The Kier molecular flexibility index (Phi) is 14.7. The predicted molar refractivity (Wildman–Crippen MR) is 187 cm³/mol. The van der Waals surface area contributed by atoms with Gasteiger partial charge in [0.25, 0.3) is 0 Å². The number of aromatic amines is 1. The first-order valence-electron chi connectivity index (χ1n) is 17.5. The number of nitrogens with zero attached hydrogens (tertiary/aromatic N) is 4. The number of H-pyrrole nitrogens is 1. The first-order chi connectivity index (χ1) is 24.3. The van der Waals surface area contributed by atoms with Crippen LogP contribution in [0.5, 0.6) is 0 Å². The molecule has 280 valence electrons. The largest absolute Gasteiger partial charge is 0.490 e. The molecule has 0 aliphatic rings. The molecule has 0 spiro atoms. The van der Waals surface area contributed by atoms with Crippen molar-refractivity contribution in [3.05, 3.63) is 59.3 Å². The third-order valence-electron chi connectivity index (χ3n) is 8.77. The molecule has 2 unspecified atom stereocenters. The summed E-state index contributed by atoms with van der Waals surface area (Å²) in [4.78, 5) is 14.0. The number of carbonyl (C=O) groups excluding carboxylic acids is 1. The molecule has 0 saturated heterocycles. The first kappa shape index (κ1) is 40.1. The number of fused-ring (bicyclic) bond motifs is 1. The fraction of sp³-hybridized carbons (Fsp3) is 0.556. The Hall–Kier alpha value is -3.72. The molecular weight excluding hydrogens is 694 g/mol. The summed E-state index contributed by atoms with van der Waals surface area (Å²) in [5.41, 5.74) is 2.05. The predicted octanol–water partition coefficient (Wildman–Crippen LogP) is 10.1. The molecule has 0 aliphatic carbocycles. The van der Waals surface area contributed by atoms with Crippen LogP contribution in [-0.4, -0.2) is 62.8 Å². The van der Waals surface area contributed by atoms with Crippen molar-refractivity contribution in [2.75, 3.05) is 18.4 Å². The Morgan fingerprint density at radius 2 is 1.67 bits per heavy atom. The minimum atomic E-state index is -5.20. The smallest absolute Gasteiger partial charge is 0.440 e. The fourth-order valence-corrected chi connectivity index (χ4v) is 6.78. The van der Waals surface area contributed by atoms with E-state index in [0.717, 1.165) is 79.2 Å². The van der Waals surface area contributed by atoms with E-state index < -0.39 is 36.2 Å². The maximum atomic E-state index is 13.7. The minimum Gasteiger partial charge on any atom is -0.440 e. The molecule has 0 bridgehead atoms. The van der Waals surface area contributed by atoms with E-state index in [0.29, 0.717) is 28.5 Å². The molecular formula is C36H46F6N6O2S. The topological polar surface area (TPSA) is 96.0 Å². The van der Waals surface area contributed by atoms with Crippen LogP contribution in [0.4, 0.5) is 31.5 Å². The zero-order valence-electron chi connectivity index (χ0n) is 29.2. The summed E-state index contributed by atoms with van der Waals surface area (Å²) in [5, 5.41) is 21.1. The van der Waals surface area contributed by atoms with Gasteiger partial charge in [0, 0.05) is 35.8 Å². The van der Waals surface area contributed by atoms with Crippen molar-refractivity contribution in [1.82, 2.24) is 25.3 Å². The number of aromatic nitrogens is 4. The number of ether oxygens (including phenoxy) is 1. The highest BCUT2D eigenvalue weighted by Gasteiger charge is 2.43. The zero-order chi connectivity index (χ0) is 37.0. The fourth-order valence-electron chi connectivity index (χ4n) is 6.03. The number of benzene rings is 2. The van der Waals surface area contributed by atoms with Gasteiger partial charge in [-0.1, -0.05) is 88.3 Å². The molecule has 2 aromatic heterocycles. The van der Waals surface area contributed by atoms with Gasteiger partial charge in [-0.15, -0.1) is 10.2 Å². The van der Waals surface area contributed by atoms with Gasteiger partial charge in [0.1, 0.15) is 5.01 Å². The van der Waals surface area contributed by atoms with Gasteiger partial charge in [-0.05, 0) is 62.4 Å². The van der Waals surface area contributed by atoms with E-state index in [1.54, 1.807) is 11.0 Å². The lowest BCUT2D eigenvalue weighted by molar-refractivity contribution is -0.215. The Morgan fingerprint density at radius 3 is 2.37 bits per heavy atom. The lowest BCUT2D eigenvalue weighted by atomic mass is 10.00. The van der Waals surface area contributed by atoms with Crippen LogP contribution in [0.1, 0.15) is 94.9 Å². The number of unbranched alkanes of at least 4 members (excludes halogenated alkanes) is 7. The lowest BCUT2D eigenvalue weighted by Crippen LogP contribution is -2.51. The van der Waals surface area contributed by atoms with E-state index in [9.17, 15) is 31.1 Å². The Bertz CT molecular complexity index is 1670. The van der Waals surface area contributed by atoms with Crippen LogP contribution < -0.4 is 5.32 Å². The van der Waals surface area contributed by atoms with Crippen molar-refractivity contribution in [1.29, 1.82) is 0 Å². The summed E-state index contributed by atoms with van der Waals surface area (Å²) >= 11 is 1.27. The standard InChI is InChI=1S/C36H46F6N6O2S/c1-4-6-8-10-12-19-48(31(16-11-9-7-5-2)50-33(49)36(40,41)42)28(21-25-14-13-15-27(20-25)35(37,38)39)23-43-34-47-46-32(51-34)26-17-18-30-29(22-26)24(3)44-45-30/h13-15,17-18,20,22,28,31H,4-12,16,19,21,23H2,1-3H3,(H,43,47)(H,44,45). The highest BCUT2D eigenvalue weighted by atomic mass is 32.1. The van der Waals surface area contributed by atoms with Crippen LogP contribution in [-0.2, 0) is 22.1 Å². The Labute approximate surface area is 298 Å². The molecule has 15 heteroatoms. The molecule has 0 radical (unpaired) electrons. The molecule has 2 heterocycles. The van der Waals surface area contributed by atoms with Crippen LogP contribution in [0.25, 0.3) is 21.5 Å². The van der Waals surface area contributed by atoms with Crippen molar-refractivity contribution in [2.45, 2.75) is 116 Å². The SMILES string of the molecule is CCCCCCCN(C(CNc1nnc(-c2ccc3n[nH]c(C)c3c2)s1)Cc1cccc(C(F)(F)F)c1)C(CCCCCC)OC(=O)C(F)(F)F. The van der Waals surface area contributed by atoms with E-state index in [4.69, 9.17) is 4.74 Å². The van der Waals surface area contributed by atoms with Gasteiger partial charge >= 0.3 is 18.3 Å². The van der Waals surface area contributed by atoms with Crippen molar-refractivity contribution < 1.29 is 35.9 Å². The van der Waals surface area contributed by atoms with Crippen molar-refractivity contribution in [3.8, 4) is 10.6 Å². The number of alkyl halides is 6. The second kappa shape index (κ2) is 18.7. The monoisotopic (exact) mass is 740 g/mol. The van der Waals surface area contributed by atoms with E-state index >= 15 is 0 Å². The maximum Gasteiger partial charge on any atom is 0.490 e. The molecule has 51 heavy (non-hydrogen) atoms. The summed E-state index contributed by atoms with van der Waals surface area (Å²) < 4.78 is 87.1. The van der Waals surface area contributed by atoms with Gasteiger partial charge < -0.3 is 10.1 Å². The lowest BCUT2D eigenvalue weighted by Gasteiger charge is -2.38. The number of aryl methyl sites for hydroxylation is 1. The zero-order valence-corrected chi connectivity index (χ0v) is 30.0. The summed E-state index contributed by atoms with van der Waals surface area (Å²) in [6.45, 7) is 6.37. The highest BCUT2D eigenvalue weighted by Crippen LogP contribution is 2.32. The Morgan fingerprint density at radius 1 is 0.941 bits per heavy atom. The van der Waals surface area contributed by atoms with E-state index in [1.165, 1.54) is 17.4 Å². The van der Waals surface area contributed by atoms with Gasteiger partial charge in [0.15, 0.2) is 6.23 Å². The van der Waals surface area contributed by atoms with Crippen molar-refractivity contribution in [3.63, 3.8) is 0 Å². The number of nitrogens with one attached hydrogen (secondary N) is 2. The van der Waals surface area contributed by atoms with E-state index in [2.05, 4.69) is 32.6 Å². The van der Waals surface area contributed by atoms with Gasteiger partial charge in [-0.2, -0.15) is 31.4 Å². The molecule has 2 N–H and O–H groups in total. The third kappa shape index (κ3) is 11.9. The second-order valence-corrected chi connectivity index (χ2v) is 13.8. The number of rotatable bonds is 20. The molecule has 8 nitrogen and oxygen atoms in total. The van der Waals surface area contributed by atoms with Crippen LogP contribution >= 0.6 is 11.3 Å². The molecule has 0 saturated carbocycles. The molecule has 2 atom stereocenters. The molecule has 2 aromatic carbocycles. The van der Waals surface area contributed by atoms with Gasteiger partial charge in [0.05, 0.1) is 11.1 Å². The summed E-state index contributed by atoms with van der Waals surface area (Å²) in [7, 11) is 0. The van der Waals surface area contributed by atoms with Crippen LogP contribution in [0.2, 0.25) is 0 Å². The average molecular weight is 741 g/mol. The summed E-state index contributed by atoms with van der Waals surface area (Å²) in [5.74, 6) is -2.29. The van der Waals surface area contributed by atoms with Gasteiger partial charge in [0.2, 0.25) is 5.13 Å². The third-order valence-corrected chi connectivity index (χ3v) is 9.70. The van der Waals surface area contributed by atoms with Gasteiger partial charge in [-0.3, -0.25) is 10.00 Å². The molecule has 0 amide bonds. The first-order valence-corrected chi connectivity index (χ1v) is 18.3. The number of esters is 1. The molecule has 0 aliphatic heterocycles. The minimum absolute atomic E-state index is 0.0446. The normalized spacial score (nSPS) is 13.5. The van der Waals surface area contributed by atoms with Crippen LogP contribution in [0.15, 0.2) is 42.5 Å². The van der Waals surface area contributed by atoms with Crippen molar-refractivity contribution in [2.24, 2.45) is 0 Å². The van der Waals surface area contributed by atoms with Crippen molar-refractivity contribution >= 4 is 33.3 Å². The molecule has 4 aromatic rings. The molecule has 4 rings (SSSR count). The maximum absolute atomic E-state index is 13.7. The second-order valence-electron chi connectivity index (χ2n) is 12.8. The van der Waals surface area contributed by atoms with E-state index in [-0.39, 0.29) is 25.9 Å². The number of halogens is 6. The molecule has 0 fully saturated rings. The highest BCUT2D eigenvalue weighted by molar-refractivity contribution is 7.18. The summed E-state index contributed by atoms with van der Waals surface area (Å²) in [6, 6.07) is 9.95. The summed E-state index contributed by atoms with van der Waals surface area (Å²) in [6.07, 6.45) is -3.52. The van der Waals surface area contributed by atoms with Gasteiger partial charge in [-0.25, -0.2) is 4.79 Å². The number of anilines is 1. The van der Waals surface area contributed by atoms with Crippen LogP contribution in [0, 0.1) is 6.92 Å².